The lowest BCUT2D eigenvalue weighted by atomic mass is 10.1. The van der Waals surface area contributed by atoms with Crippen molar-refractivity contribution in [3.63, 3.8) is 0 Å². The van der Waals surface area contributed by atoms with E-state index >= 15 is 0 Å². The van der Waals surface area contributed by atoms with E-state index in [1.54, 1.807) is 17.6 Å². The predicted molar refractivity (Wildman–Crippen MR) is 99.6 cm³/mol. The standard InChI is InChI=1S/C19H21N3OS/c1-13(2)21-19-22(17(12-24-19)18-6-5-9-23-18)20-11-16-10-14(3)7-8-15(16)4/h5-13H,1-4H3. The molecule has 0 saturated heterocycles. The van der Waals surface area contributed by atoms with E-state index in [0.717, 1.165) is 21.8 Å². The molecular formula is C19H21N3OS. The van der Waals surface area contributed by atoms with Crippen LogP contribution >= 0.6 is 11.3 Å². The highest BCUT2D eigenvalue weighted by Gasteiger charge is 2.10. The molecule has 0 saturated carbocycles. The van der Waals surface area contributed by atoms with Gasteiger partial charge in [0.25, 0.3) is 0 Å². The summed E-state index contributed by atoms with van der Waals surface area (Å²) in [5.41, 5.74) is 4.43. The summed E-state index contributed by atoms with van der Waals surface area (Å²) in [5, 5.41) is 6.72. The number of furan rings is 1. The van der Waals surface area contributed by atoms with Crippen molar-refractivity contribution in [2.75, 3.05) is 0 Å². The quantitative estimate of drug-likeness (QED) is 0.640. The van der Waals surface area contributed by atoms with Gasteiger partial charge < -0.3 is 4.42 Å². The van der Waals surface area contributed by atoms with Gasteiger partial charge in [0.05, 0.1) is 12.5 Å². The number of aryl methyl sites for hydroxylation is 2. The maximum atomic E-state index is 5.54. The molecule has 0 spiro atoms. The number of hydrogen-bond donors (Lipinski definition) is 0. The molecule has 0 unspecified atom stereocenters. The van der Waals surface area contributed by atoms with Crippen molar-refractivity contribution in [1.29, 1.82) is 0 Å². The van der Waals surface area contributed by atoms with Crippen LogP contribution in [-0.4, -0.2) is 16.9 Å². The summed E-state index contributed by atoms with van der Waals surface area (Å²) in [5.74, 6) is 0.787. The fraction of sp³-hybridized carbons (Fsp3) is 0.263. The Morgan fingerprint density at radius 2 is 2.04 bits per heavy atom. The van der Waals surface area contributed by atoms with Gasteiger partial charge in [-0.2, -0.15) is 5.10 Å². The Morgan fingerprint density at radius 3 is 2.75 bits per heavy atom. The number of thiazole rings is 1. The van der Waals surface area contributed by atoms with Gasteiger partial charge in [0.15, 0.2) is 5.76 Å². The van der Waals surface area contributed by atoms with Crippen molar-refractivity contribution >= 4 is 17.6 Å². The molecule has 24 heavy (non-hydrogen) atoms. The maximum Gasteiger partial charge on any atom is 0.206 e. The van der Waals surface area contributed by atoms with Gasteiger partial charge in [0, 0.05) is 11.4 Å². The fourth-order valence-corrected chi connectivity index (χ4v) is 3.28. The van der Waals surface area contributed by atoms with Crippen LogP contribution in [0.5, 0.6) is 0 Å². The molecule has 0 aliphatic rings. The highest BCUT2D eigenvalue weighted by molar-refractivity contribution is 7.07. The molecule has 124 valence electrons. The van der Waals surface area contributed by atoms with Crippen molar-refractivity contribution < 1.29 is 4.42 Å². The zero-order valence-electron chi connectivity index (χ0n) is 14.4. The predicted octanol–water partition coefficient (Wildman–Crippen LogP) is 4.62. The summed E-state index contributed by atoms with van der Waals surface area (Å²) >= 11 is 1.57. The number of hydrogen-bond acceptors (Lipinski definition) is 4. The molecule has 3 rings (SSSR count). The SMILES string of the molecule is Cc1ccc(C)c(C=Nn2c(-c3ccco3)csc2=NC(C)C)c1. The Balaban J connectivity index is 2.10. The highest BCUT2D eigenvalue weighted by Crippen LogP contribution is 2.20. The normalized spacial score (nSPS) is 12.6. The minimum absolute atomic E-state index is 0.204. The average molecular weight is 339 g/mol. The van der Waals surface area contributed by atoms with E-state index in [9.17, 15) is 0 Å². The topological polar surface area (TPSA) is 42.8 Å². The Kier molecular flexibility index (Phi) is 4.81. The van der Waals surface area contributed by atoms with Crippen LogP contribution in [0.15, 0.2) is 56.5 Å². The third-order valence-electron chi connectivity index (χ3n) is 3.57. The first-order valence-corrected chi connectivity index (χ1v) is 8.82. The lowest BCUT2D eigenvalue weighted by Crippen LogP contribution is -2.14. The summed E-state index contributed by atoms with van der Waals surface area (Å²) in [7, 11) is 0. The largest absolute Gasteiger partial charge is 0.463 e. The first kappa shape index (κ1) is 16.5. The van der Waals surface area contributed by atoms with Crippen molar-refractivity contribution in [2.45, 2.75) is 33.7 Å². The van der Waals surface area contributed by atoms with E-state index in [4.69, 9.17) is 9.52 Å². The zero-order valence-corrected chi connectivity index (χ0v) is 15.2. The van der Waals surface area contributed by atoms with Crippen molar-refractivity contribution in [3.8, 4) is 11.5 Å². The molecular weight excluding hydrogens is 318 g/mol. The molecule has 4 nitrogen and oxygen atoms in total. The van der Waals surface area contributed by atoms with E-state index in [1.165, 1.54) is 11.1 Å². The van der Waals surface area contributed by atoms with Crippen molar-refractivity contribution in [2.24, 2.45) is 10.1 Å². The Bertz CT molecular complexity index is 914. The molecule has 2 heterocycles. The lowest BCUT2D eigenvalue weighted by molar-refractivity contribution is 0.575. The van der Waals surface area contributed by atoms with Crippen LogP contribution in [-0.2, 0) is 0 Å². The fourth-order valence-electron chi connectivity index (χ4n) is 2.33. The number of aromatic nitrogens is 1. The van der Waals surface area contributed by atoms with Gasteiger partial charge in [-0.3, -0.25) is 4.99 Å². The van der Waals surface area contributed by atoms with E-state index < -0.39 is 0 Å². The molecule has 0 aliphatic carbocycles. The van der Waals surface area contributed by atoms with Crippen molar-refractivity contribution in [3.05, 3.63) is 63.5 Å². The van der Waals surface area contributed by atoms with Crippen molar-refractivity contribution in [1.82, 2.24) is 4.68 Å². The van der Waals surface area contributed by atoms with Gasteiger partial charge in [-0.25, -0.2) is 4.68 Å². The van der Waals surface area contributed by atoms with Crippen LogP contribution in [0.3, 0.4) is 0 Å². The van der Waals surface area contributed by atoms with Gasteiger partial charge in [-0.05, 0) is 51.0 Å². The third kappa shape index (κ3) is 3.57. The van der Waals surface area contributed by atoms with E-state index in [1.807, 2.05) is 28.4 Å². The van der Waals surface area contributed by atoms with Crippen LogP contribution < -0.4 is 4.80 Å². The van der Waals surface area contributed by atoms with Gasteiger partial charge in [-0.1, -0.05) is 23.8 Å². The number of nitrogens with zero attached hydrogens (tertiary/aromatic N) is 3. The zero-order chi connectivity index (χ0) is 17.1. The van der Waals surface area contributed by atoms with E-state index in [2.05, 4.69) is 50.9 Å². The van der Waals surface area contributed by atoms with Crippen LogP contribution in [0.4, 0.5) is 0 Å². The molecule has 0 atom stereocenters. The summed E-state index contributed by atoms with van der Waals surface area (Å²) in [6, 6.07) is 10.4. The smallest absolute Gasteiger partial charge is 0.206 e. The molecule has 1 aromatic carbocycles. The van der Waals surface area contributed by atoms with Crippen LogP contribution in [0.2, 0.25) is 0 Å². The highest BCUT2D eigenvalue weighted by atomic mass is 32.1. The maximum absolute atomic E-state index is 5.54. The summed E-state index contributed by atoms with van der Waals surface area (Å²) in [6.45, 7) is 8.30. The molecule has 0 fully saturated rings. The molecule has 0 N–H and O–H groups in total. The summed E-state index contributed by atoms with van der Waals surface area (Å²) in [4.78, 5) is 5.53. The first-order chi connectivity index (χ1) is 11.5. The molecule has 0 radical (unpaired) electrons. The second-order valence-electron chi connectivity index (χ2n) is 6.02. The molecule has 3 aromatic rings. The van der Waals surface area contributed by atoms with Crippen LogP contribution in [0, 0.1) is 13.8 Å². The Morgan fingerprint density at radius 1 is 1.21 bits per heavy atom. The third-order valence-corrected chi connectivity index (χ3v) is 4.40. The summed E-state index contributed by atoms with van der Waals surface area (Å²) in [6.07, 6.45) is 3.56. The molecule has 0 amide bonds. The first-order valence-electron chi connectivity index (χ1n) is 7.94. The minimum atomic E-state index is 0.204. The van der Waals surface area contributed by atoms with Crippen LogP contribution in [0.1, 0.15) is 30.5 Å². The minimum Gasteiger partial charge on any atom is -0.463 e. The molecule has 2 aromatic heterocycles. The van der Waals surface area contributed by atoms with E-state index in [-0.39, 0.29) is 6.04 Å². The number of rotatable bonds is 4. The van der Waals surface area contributed by atoms with Gasteiger partial charge in [-0.15, -0.1) is 11.3 Å². The van der Waals surface area contributed by atoms with Gasteiger partial charge >= 0.3 is 0 Å². The second-order valence-corrected chi connectivity index (χ2v) is 6.86. The van der Waals surface area contributed by atoms with Gasteiger partial charge in [0.2, 0.25) is 4.80 Å². The summed E-state index contributed by atoms with van der Waals surface area (Å²) < 4.78 is 7.40. The Hall–Kier alpha value is -2.40. The average Bonchev–Trinajstić information content (AvgIpc) is 3.17. The Labute approximate surface area is 145 Å². The molecule has 5 heteroatoms. The van der Waals surface area contributed by atoms with Crippen LogP contribution in [0.25, 0.3) is 11.5 Å². The number of benzene rings is 1. The molecule has 0 bridgehead atoms. The lowest BCUT2D eigenvalue weighted by Gasteiger charge is -2.04. The monoisotopic (exact) mass is 339 g/mol. The van der Waals surface area contributed by atoms with E-state index in [0.29, 0.717) is 0 Å². The van der Waals surface area contributed by atoms with Gasteiger partial charge in [0.1, 0.15) is 5.69 Å². The molecule has 0 aliphatic heterocycles. The second kappa shape index (κ2) is 7.01.